The van der Waals surface area contributed by atoms with Gasteiger partial charge in [0.25, 0.3) is 0 Å². The van der Waals surface area contributed by atoms with Crippen molar-refractivity contribution in [3.63, 3.8) is 0 Å². The lowest BCUT2D eigenvalue weighted by Crippen LogP contribution is -2.15. The summed E-state index contributed by atoms with van der Waals surface area (Å²) in [6.45, 7) is 1.70. The number of hydrazine groups is 1. The summed E-state index contributed by atoms with van der Waals surface area (Å²) in [6.07, 6.45) is -3.11. The summed E-state index contributed by atoms with van der Waals surface area (Å²) in [5.74, 6) is 5.37. The highest BCUT2D eigenvalue weighted by Gasteiger charge is 2.33. The minimum Gasteiger partial charge on any atom is -0.468 e. The Morgan fingerprint density at radius 1 is 1.37 bits per heavy atom. The molecule has 2 aromatic rings. The van der Waals surface area contributed by atoms with E-state index in [1.165, 1.54) is 6.26 Å². The maximum atomic E-state index is 12.7. The Morgan fingerprint density at radius 3 is 2.63 bits per heavy atom. The third-order valence-electron chi connectivity index (χ3n) is 2.15. The topological polar surface area (TPSA) is 77.0 Å². The van der Waals surface area contributed by atoms with Crippen LogP contribution in [0, 0.1) is 6.92 Å². The molecule has 0 fully saturated rings. The van der Waals surface area contributed by atoms with Gasteiger partial charge in [0.2, 0.25) is 5.95 Å². The molecule has 0 saturated heterocycles. The number of nitrogens with zero attached hydrogens (tertiary/aromatic N) is 2. The van der Waals surface area contributed by atoms with E-state index in [2.05, 4.69) is 9.97 Å². The zero-order chi connectivity index (χ0) is 14.0. The first-order chi connectivity index (χ1) is 8.90. The number of aryl methyl sites for hydroxylation is 1. The van der Waals surface area contributed by atoms with E-state index in [0.29, 0.717) is 10.7 Å². The van der Waals surface area contributed by atoms with E-state index in [-0.39, 0.29) is 11.0 Å². The number of furan rings is 1. The second-order valence-corrected chi connectivity index (χ2v) is 4.56. The van der Waals surface area contributed by atoms with Gasteiger partial charge in [-0.05, 0) is 13.0 Å². The van der Waals surface area contributed by atoms with Gasteiger partial charge in [-0.2, -0.15) is 13.2 Å². The molecule has 0 radical (unpaired) electrons. The number of halogens is 3. The molecule has 0 atom stereocenters. The summed E-state index contributed by atoms with van der Waals surface area (Å²) in [7, 11) is 0. The molecular formula is C10H9F3N4OS. The molecule has 5 nitrogen and oxygen atoms in total. The molecule has 0 amide bonds. The molecule has 9 heteroatoms. The summed E-state index contributed by atoms with van der Waals surface area (Å²) < 4.78 is 43.0. The van der Waals surface area contributed by atoms with Gasteiger partial charge < -0.3 is 4.42 Å². The van der Waals surface area contributed by atoms with Crippen molar-refractivity contribution < 1.29 is 17.6 Å². The molecule has 0 aliphatic carbocycles. The molecule has 3 N–H and O–H groups in total. The van der Waals surface area contributed by atoms with Crippen LogP contribution in [0.15, 0.2) is 32.7 Å². The van der Waals surface area contributed by atoms with E-state index >= 15 is 0 Å². The van der Waals surface area contributed by atoms with E-state index < -0.39 is 11.9 Å². The third-order valence-corrected chi connectivity index (χ3v) is 3.21. The van der Waals surface area contributed by atoms with Gasteiger partial charge in [-0.25, -0.2) is 15.8 Å². The highest BCUT2D eigenvalue weighted by Crippen LogP contribution is 2.34. The van der Waals surface area contributed by atoms with Crippen molar-refractivity contribution in [3.05, 3.63) is 29.9 Å². The van der Waals surface area contributed by atoms with Crippen LogP contribution in [0.4, 0.5) is 19.1 Å². The third kappa shape index (κ3) is 3.18. The van der Waals surface area contributed by atoms with Crippen LogP contribution in [-0.2, 0) is 6.18 Å². The first-order valence-electron chi connectivity index (χ1n) is 5.05. The number of nitrogens with one attached hydrogen (secondary N) is 1. The average molecular weight is 290 g/mol. The van der Waals surface area contributed by atoms with Gasteiger partial charge in [-0.15, -0.1) is 0 Å². The first-order valence-corrected chi connectivity index (χ1v) is 5.86. The summed E-state index contributed by atoms with van der Waals surface area (Å²) in [4.78, 5) is 7.80. The number of nitrogens with two attached hydrogens (primary N) is 1. The summed E-state index contributed by atoms with van der Waals surface area (Å²) >= 11 is 1.04. The van der Waals surface area contributed by atoms with Crippen molar-refractivity contribution in [2.45, 2.75) is 23.0 Å². The maximum absolute atomic E-state index is 12.7. The molecule has 0 aliphatic rings. The summed E-state index contributed by atoms with van der Waals surface area (Å²) in [5.41, 5.74) is 0.959. The normalized spacial score (nSPS) is 11.6. The maximum Gasteiger partial charge on any atom is 0.433 e. The molecule has 2 heterocycles. The Bertz CT molecular complexity index is 584. The molecule has 2 aromatic heterocycles. The Kier molecular flexibility index (Phi) is 3.67. The van der Waals surface area contributed by atoms with Crippen molar-refractivity contribution in [2.75, 3.05) is 5.43 Å². The van der Waals surface area contributed by atoms with Crippen molar-refractivity contribution in [3.8, 4) is 0 Å². The van der Waals surface area contributed by atoms with Crippen LogP contribution >= 0.6 is 11.8 Å². The molecule has 0 unspecified atom stereocenters. The lowest BCUT2D eigenvalue weighted by Gasteiger charge is -2.09. The van der Waals surface area contributed by atoms with Gasteiger partial charge in [0.15, 0.2) is 5.69 Å². The standard InChI is InChI=1S/C10H9F3N4OS/c1-5-6(2-3-18-5)19-8-4-7(10(11,12)13)15-9(16-8)17-14/h2-4H,14H2,1H3,(H,15,16,17). The summed E-state index contributed by atoms with van der Waals surface area (Å²) in [6, 6.07) is 2.50. The molecule has 0 bridgehead atoms. The second-order valence-electron chi connectivity index (χ2n) is 3.50. The Hall–Kier alpha value is -1.74. The Balaban J connectivity index is 2.37. The predicted octanol–water partition coefficient (Wildman–Crippen LogP) is 2.83. The first kappa shape index (κ1) is 13.7. The van der Waals surface area contributed by atoms with E-state index in [1.807, 2.05) is 5.43 Å². The molecule has 19 heavy (non-hydrogen) atoms. The van der Waals surface area contributed by atoms with E-state index in [9.17, 15) is 13.2 Å². The zero-order valence-corrected chi connectivity index (χ0v) is 10.5. The smallest absolute Gasteiger partial charge is 0.433 e. The molecule has 102 valence electrons. The van der Waals surface area contributed by atoms with Gasteiger partial charge in [-0.1, -0.05) is 11.8 Å². The van der Waals surface area contributed by atoms with Gasteiger partial charge in [0.05, 0.1) is 11.2 Å². The Labute approximate surface area is 110 Å². The monoisotopic (exact) mass is 290 g/mol. The fourth-order valence-electron chi connectivity index (χ4n) is 1.28. The van der Waals surface area contributed by atoms with Crippen molar-refractivity contribution in [1.82, 2.24) is 9.97 Å². The lowest BCUT2D eigenvalue weighted by molar-refractivity contribution is -0.141. The fourth-order valence-corrected chi connectivity index (χ4v) is 2.12. The number of rotatable bonds is 3. The lowest BCUT2D eigenvalue weighted by atomic mass is 10.4. The van der Waals surface area contributed by atoms with Gasteiger partial charge >= 0.3 is 6.18 Å². The molecule has 0 saturated carbocycles. The summed E-state index contributed by atoms with van der Waals surface area (Å²) in [5, 5.41) is 0.125. The molecule has 0 aromatic carbocycles. The van der Waals surface area contributed by atoms with Crippen LogP contribution < -0.4 is 11.3 Å². The highest BCUT2D eigenvalue weighted by atomic mass is 32.2. The van der Waals surface area contributed by atoms with Gasteiger partial charge in [0.1, 0.15) is 10.8 Å². The number of alkyl halides is 3. The predicted molar refractivity (Wildman–Crippen MR) is 62.4 cm³/mol. The molecule has 2 rings (SSSR count). The van der Waals surface area contributed by atoms with E-state index in [0.717, 1.165) is 17.8 Å². The minimum absolute atomic E-state index is 0.125. The van der Waals surface area contributed by atoms with Crippen LogP contribution in [0.3, 0.4) is 0 Å². The quantitative estimate of drug-likeness (QED) is 0.514. The number of nitrogen functional groups attached to an aromatic ring is 1. The number of aromatic nitrogens is 2. The molecule has 0 aliphatic heterocycles. The van der Waals surface area contributed by atoms with E-state index in [1.54, 1.807) is 13.0 Å². The van der Waals surface area contributed by atoms with Crippen molar-refractivity contribution in [1.29, 1.82) is 0 Å². The number of hydrogen-bond donors (Lipinski definition) is 2. The average Bonchev–Trinajstić information content (AvgIpc) is 2.73. The van der Waals surface area contributed by atoms with Gasteiger partial charge in [-0.3, -0.25) is 5.43 Å². The van der Waals surface area contributed by atoms with Crippen LogP contribution in [-0.4, -0.2) is 9.97 Å². The second kappa shape index (κ2) is 5.10. The Morgan fingerprint density at radius 2 is 2.11 bits per heavy atom. The van der Waals surface area contributed by atoms with Crippen molar-refractivity contribution in [2.24, 2.45) is 5.84 Å². The molecule has 0 spiro atoms. The van der Waals surface area contributed by atoms with Crippen molar-refractivity contribution >= 4 is 17.7 Å². The van der Waals surface area contributed by atoms with Crippen LogP contribution in [0.25, 0.3) is 0 Å². The SMILES string of the molecule is Cc1occc1Sc1cc(C(F)(F)F)nc(NN)n1. The number of anilines is 1. The number of hydrogen-bond acceptors (Lipinski definition) is 6. The van der Waals surface area contributed by atoms with Crippen LogP contribution in [0.1, 0.15) is 11.5 Å². The zero-order valence-electron chi connectivity index (χ0n) is 9.65. The fraction of sp³-hybridized carbons (Fsp3) is 0.200. The van der Waals surface area contributed by atoms with E-state index in [4.69, 9.17) is 10.3 Å². The minimum atomic E-state index is -4.56. The highest BCUT2D eigenvalue weighted by molar-refractivity contribution is 7.99. The largest absolute Gasteiger partial charge is 0.468 e. The van der Waals surface area contributed by atoms with Crippen LogP contribution in [0.5, 0.6) is 0 Å². The van der Waals surface area contributed by atoms with Crippen LogP contribution in [0.2, 0.25) is 0 Å². The van der Waals surface area contributed by atoms with Gasteiger partial charge in [0, 0.05) is 6.07 Å². The molecular weight excluding hydrogens is 281 g/mol.